The van der Waals surface area contributed by atoms with Crippen molar-refractivity contribution in [3.8, 4) is 11.3 Å². The number of H-pyrrole nitrogens is 1. The first-order chi connectivity index (χ1) is 12.5. The summed E-state index contributed by atoms with van der Waals surface area (Å²) in [5, 5.41) is 11.7. The summed E-state index contributed by atoms with van der Waals surface area (Å²) < 4.78 is 28.1. The Morgan fingerprint density at radius 1 is 1.04 bits per heavy atom. The number of benzene rings is 2. The van der Waals surface area contributed by atoms with E-state index >= 15 is 0 Å². The second-order valence-electron chi connectivity index (χ2n) is 5.86. The maximum absolute atomic E-state index is 13.4. The highest BCUT2D eigenvalue weighted by Crippen LogP contribution is 2.21. The highest BCUT2D eigenvalue weighted by atomic mass is 19.1. The predicted octanol–water partition coefficient (Wildman–Crippen LogP) is 2.70. The Balaban J connectivity index is 1.73. The van der Waals surface area contributed by atoms with Gasteiger partial charge in [0.25, 0.3) is 5.56 Å². The molecule has 0 saturated carbocycles. The number of aromatic nitrogens is 4. The van der Waals surface area contributed by atoms with Crippen LogP contribution in [0.4, 0.5) is 14.6 Å². The van der Waals surface area contributed by atoms with Crippen molar-refractivity contribution in [2.24, 2.45) is 0 Å². The van der Waals surface area contributed by atoms with Crippen LogP contribution in [-0.2, 0) is 6.54 Å². The summed E-state index contributed by atoms with van der Waals surface area (Å²) in [6.07, 6.45) is 0. The van der Waals surface area contributed by atoms with Gasteiger partial charge in [-0.05, 0) is 35.9 Å². The molecule has 0 aliphatic carbocycles. The molecule has 2 aromatic carbocycles. The summed E-state index contributed by atoms with van der Waals surface area (Å²) in [7, 11) is 0. The summed E-state index contributed by atoms with van der Waals surface area (Å²) in [6, 6.07) is 11.3. The van der Waals surface area contributed by atoms with Crippen molar-refractivity contribution in [1.82, 2.24) is 20.0 Å². The topological polar surface area (TPSA) is 89.6 Å². The van der Waals surface area contributed by atoms with Gasteiger partial charge in [0.15, 0.2) is 5.82 Å². The Kier molecular flexibility index (Phi) is 3.72. The quantitative estimate of drug-likeness (QED) is 0.593. The molecule has 0 unspecified atom stereocenters. The van der Waals surface area contributed by atoms with Gasteiger partial charge in [-0.15, -0.1) is 0 Å². The maximum atomic E-state index is 13.4. The lowest BCUT2D eigenvalue weighted by Gasteiger charge is -2.08. The van der Waals surface area contributed by atoms with E-state index in [0.717, 1.165) is 22.5 Å². The number of hydrogen-bond donors (Lipinski definition) is 2. The van der Waals surface area contributed by atoms with Crippen molar-refractivity contribution in [3.63, 3.8) is 0 Å². The maximum Gasteiger partial charge on any atom is 0.267 e. The third kappa shape index (κ3) is 2.92. The molecule has 26 heavy (non-hydrogen) atoms. The smallest absolute Gasteiger partial charge is 0.267 e. The van der Waals surface area contributed by atoms with E-state index in [2.05, 4.69) is 15.3 Å². The molecule has 0 radical (unpaired) electrons. The number of anilines is 1. The van der Waals surface area contributed by atoms with Crippen LogP contribution in [-0.4, -0.2) is 20.0 Å². The van der Waals surface area contributed by atoms with Crippen molar-refractivity contribution in [2.75, 3.05) is 5.73 Å². The third-order valence-electron chi connectivity index (χ3n) is 4.01. The molecule has 130 valence electrons. The summed E-state index contributed by atoms with van der Waals surface area (Å²) in [6.45, 7) is 0.186. The van der Waals surface area contributed by atoms with Crippen LogP contribution < -0.4 is 11.3 Å². The zero-order valence-electron chi connectivity index (χ0n) is 13.4. The number of rotatable bonds is 3. The summed E-state index contributed by atoms with van der Waals surface area (Å²) in [4.78, 5) is 12.1. The van der Waals surface area contributed by atoms with Crippen LogP contribution in [0.2, 0.25) is 0 Å². The number of nitrogens with zero attached hydrogens (tertiary/aromatic N) is 3. The molecule has 0 saturated heterocycles. The van der Waals surface area contributed by atoms with Gasteiger partial charge in [0, 0.05) is 23.1 Å². The number of nitrogens with one attached hydrogen (secondary N) is 1. The van der Waals surface area contributed by atoms with Gasteiger partial charge < -0.3 is 5.73 Å². The van der Waals surface area contributed by atoms with Crippen LogP contribution in [0.25, 0.3) is 22.2 Å². The van der Waals surface area contributed by atoms with Gasteiger partial charge in [-0.2, -0.15) is 10.2 Å². The van der Waals surface area contributed by atoms with Gasteiger partial charge in [-0.25, -0.2) is 13.5 Å². The molecular formula is C18H13F2N5O. The van der Waals surface area contributed by atoms with Crippen LogP contribution in [0.5, 0.6) is 0 Å². The van der Waals surface area contributed by atoms with Crippen molar-refractivity contribution in [2.45, 2.75) is 6.54 Å². The fourth-order valence-corrected chi connectivity index (χ4v) is 2.77. The van der Waals surface area contributed by atoms with Crippen LogP contribution in [0.3, 0.4) is 0 Å². The third-order valence-corrected chi connectivity index (χ3v) is 4.01. The average molecular weight is 353 g/mol. The van der Waals surface area contributed by atoms with Gasteiger partial charge in [0.05, 0.1) is 17.8 Å². The Labute approximate surface area is 145 Å². The van der Waals surface area contributed by atoms with E-state index in [0.29, 0.717) is 11.5 Å². The van der Waals surface area contributed by atoms with Gasteiger partial charge in [0.2, 0.25) is 0 Å². The van der Waals surface area contributed by atoms with E-state index in [4.69, 9.17) is 5.73 Å². The molecule has 0 spiro atoms. The summed E-state index contributed by atoms with van der Waals surface area (Å²) in [5.41, 5.74) is 7.61. The zero-order valence-corrected chi connectivity index (χ0v) is 13.4. The average Bonchev–Trinajstić information content (AvgIpc) is 2.97. The number of nitrogen functional groups attached to an aromatic ring is 1. The van der Waals surface area contributed by atoms with Crippen molar-refractivity contribution in [1.29, 1.82) is 0 Å². The molecule has 0 aliphatic heterocycles. The van der Waals surface area contributed by atoms with Gasteiger partial charge in [-0.1, -0.05) is 6.07 Å². The van der Waals surface area contributed by atoms with Crippen LogP contribution in [0.15, 0.2) is 53.3 Å². The molecule has 6 nitrogen and oxygen atoms in total. The van der Waals surface area contributed by atoms with Gasteiger partial charge in [0.1, 0.15) is 11.6 Å². The second-order valence-corrected chi connectivity index (χ2v) is 5.86. The van der Waals surface area contributed by atoms with Crippen LogP contribution in [0, 0.1) is 11.6 Å². The van der Waals surface area contributed by atoms with E-state index in [9.17, 15) is 13.6 Å². The molecule has 3 N–H and O–H groups in total. The number of fused-ring (bicyclic) bond motifs is 1. The summed E-state index contributed by atoms with van der Waals surface area (Å²) in [5.74, 6) is -1.05. The standard InChI is InChI=1S/C18H13F2N5O/c19-12-6-11(7-13(20)8-12)15-3-4-17(26)25(24-15)9-10-1-2-16-14(5-10)18(21)23-22-16/h1-8H,9H2,(H3,21,22,23). The SMILES string of the molecule is Nc1n[nH]c2ccc(Cn3nc(-c4cc(F)cc(F)c4)ccc3=O)cc12. The molecule has 0 fully saturated rings. The molecule has 0 amide bonds. The minimum Gasteiger partial charge on any atom is -0.382 e. The molecule has 4 aromatic rings. The molecule has 0 aliphatic rings. The van der Waals surface area contributed by atoms with E-state index < -0.39 is 11.6 Å². The highest BCUT2D eigenvalue weighted by molar-refractivity contribution is 5.88. The normalized spacial score (nSPS) is 11.2. The number of halogens is 2. The van der Waals surface area contributed by atoms with Crippen LogP contribution >= 0.6 is 0 Å². The first-order valence-electron chi connectivity index (χ1n) is 7.77. The molecule has 0 bridgehead atoms. The Morgan fingerprint density at radius 2 is 1.81 bits per heavy atom. The Morgan fingerprint density at radius 3 is 2.58 bits per heavy atom. The minimum atomic E-state index is -0.708. The van der Waals surface area contributed by atoms with Crippen molar-refractivity contribution in [3.05, 3.63) is 76.1 Å². The first-order valence-corrected chi connectivity index (χ1v) is 7.77. The van der Waals surface area contributed by atoms with Crippen molar-refractivity contribution < 1.29 is 8.78 Å². The van der Waals surface area contributed by atoms with Gasteiger partial charge in [-0.3, -0.25) is 9.89 Å². The van der Waals surface area contributed by atoms with E-state index in [1.54, 1.807) is 0 Å². The number of aromatic amines is 1. The molecule has 2 heterocycles. The monoisotopic (exact) mass is 353 g/mol. The highest BCUT2D eigenvalue weighted by Gasteiger charge is 2.09. The lowest BCUT2D eigenvalue weighted by Crippen LogP contribution is -2.22. The fraction of sp³-hybridized carbons (Fsp3) is 0.0556. The Bertz CT molecular complexity index is 1160. The van der Waals surface area contributed by atoms with Gasteiger partial charge >= 0.3 is 0 Å². The Hall–Kier alpha value is -3.55. The van der Waals surface area contributed by atoms with Crippen molar-refractivity contribution >= 4 is 16.7 Å². The summed E-state index contributed by atoms with van der Waals surface area (Å²) >= 11 is 0. The molecular weight excluding hydrogens is 340 g/mol. The number of nitrogens with two attached hydrogens (primary N) is 1. The van der Waals surface area contributed by atoms with E-state index in [1.165, 1.54) is 28.9 Å². The largest absolute Gasteiger partial charge is 0.382 e. The predicted molar refractivity (Wildman–Crippen MR) is 93.5 cm³/mol. The van der Waals surface area contributed by atoms with E-state index in [-0.39, 0.29) is 17.7 Å². The molecule has 2 aromatic heterocycles. The first kappa shape index (κ1) is 15.9. The minimum absolute atomic E-state index is 0.186. The zero-order chi connectivity index (χ0) is 18.3. The molecule has 4 rings (SSSR count). The van der Waals surface area contributed by atoms with Crippen LogP contribution in [0.1, 0.15) is 5.56 Å². The lowest BCUT2D eigenvalue weighted by atomic mass is 10.1. The fourth-order valence-electron chi connectivity index (χ4n) is 2.77. The molecule has 0 atom stereocenters. The van der Waals surface area contributed by atoms with E-state index in [1.807, 2.05) is 18.2 Å². The second kappa shape index (κ2) is 6.07. The lowest BCUT2D eigenvalue weighted by molar-refractivity contribution is 0.583. The molecule has 8 heteroatoms. The number of hydrogen-bond acceptors (Lipinski definition) is 4.